The monoisotopic (exact) mass is 587 g/mol. The molecule has 6 rings (SSSR count). The van der Waals surface area contributed by atoms with Crippen LogP contribution in [0.15, 0.2) is 71.8 Å². The van der Waals surface area contributed by atoms with Gasteiger partial charge in [0.2, 0.25) is 0 Å². The van der Waals surface area contributed by atoms with Crippen molar-refractivity contribution in [1.29, 1.82) is 0 Å². The fourth-order valence-electron chi connectivity index (χ4n) is 5.26. The van der Waals surface area contributed by atoms with E-state index in [1.54, 1.807) is 13.2 Å². The largest absolute Gasteiger partial charge is 0.453 e. The number of carbonyl (C=O) groups is 1. The van der Waals surface area contributed by atoms with E-state index in [-0.39, 0.29) is 28.7 Å². The number of hydrogen-bond donors (Lipinski definition) is 3. The number of ether oxygens (including phenoxy) is 2. The molecule has 0 unspecified atom stereocenters. The lowest BCUT2D eigenvalue weighted by molar-refractivity contribution is 0.102. The summed E-state index contributed by atoms with van der Waals surface area (Å²) in [6.07, 6.45) is 5.91. The molecule has 1 saturated carbocycles. The Morgan fingerprint density at radius 2 is 1.91 bits per heavy atom. The van der Waals surface area contributed by atoms with Gasteiger partial charge in [0.25, 0.3) is 11.5 Å². The predicted molar refractivity (Wildman–Crippen MR) is 155 cm³/mol. The highest BCUT2D eigenvalue weighted by Crippen LogP contribution is 2.36. The van der Waals surface area contributed by atoms with Gasteiger partial charge in [-0.25, -0.2) is 13.8 Å². The molecule has 1 amide bonds. The lowest BCUT2D eigenvalue weighted by Gasteiger charge is -2.20. The Labute approximate surface area is 243 Å². The molecule has 2 atom stereocenters. The quantitative estimate of drug-likeness (QED) is 0.218. The van der Waals surface area contributed by atoms with Crippen LogP contribution < -0.4 is 20.9 Å². The van der Waals surface area contributed by atoms with Crippen molar-refractivity contribution >= 4 is 28.4 Å². The molecule has 220 valence electrons. The molecule has 0 saturated heterocycles. The van der Waals surface area contributed by atoms with Crippen molar-refractivity contribution in [3.8, 4) is 17.2 Å². The van der Waals surface area contributed by atoms with E-state index < -0.39 is 23.1 Å². The number of aromatic nitrogens is 5. The summed E-state index contributed by atoms with van der Waals surface area (Å²) in [4.78, 5) is 30.1. The lowest BCUT2D eigenvalue weighted by Crippen LogP contribution is -2.29. The van der Waals surface area contributed by atoms with Gasteiger partial charge in [0.05, 0.1) is 12.3 Å². The number of H-pyrrole nitrogens is 1. The van der Waals surface area contributed by atoms with Gasteiger partial charge in [-0.05, 0) is 55.3 Å². The van der Waals surface area contributed by atoms with Crippen LogP contribution in [0.4, 0.5) is 20.3 Å². The number of anilines is 2. The highest BCUT2D eigenvalue weighted by molar-refractivity contribution is 6.04. The Morgan fingerprint density at radius 1 is 1.07 bits per heavy atom. The van der Waals surface area contributed by atoms with Crippen LogP contribution in [-0.2, 0) is 4.74 Å². The average Bonchev–Trinajstić information content (AvgIpc) is 3.63. The number of benzene rings is 2. The van der Waals surface area contributed by atoms with E-state index in [4.69, 9.17) is 9.47 Å². The average molecular weight is 588 g/mol. The van der Waals surface area contributed by atoms with Crippen LogP contribution in [0.5, 0.6) is 11.5 Å². The van der Waals surface area contributed by atoms with Crippen molar-refractivity contribution in [2.45, 2.75) is 25.3 Å². The zero-order chi connectivity index (χ0) is 29.9. The lowest BCUT2D eigenvalue weighted by atomic mass is 10.1. The third kappa shape index (κ3) is 5.79. The molecular formula is C30H27F2N7O4. The smallest absolute Gasteiger partial charge is 0.284 e. The minimum absolute atomic E-state index is 0.0849. The molecule has 43 heavy (non-hydrogen) atoms. The minimum atomic E-state index is -0.764. The van der Waals surface area contributed by atoms with E-state index in [0.29, 0.717) is 35.1 Å². The molecule has 3 N–H and O–H groups in total. The van der Waals surface area contributed by atoms with E-state index in [1.165, 1.54) is 54.9 Å². The molecule has 3 aromatic heterocycles. The first-order valence-corrected chi connectivity index (χ1v) is 13.6. The summed E-state index contributed by atoms with van der Waals surface area (Å²) in [6.45, 7) is 0.640. The van der Waals surface area contributed by atoms with Crippen LogP contribution in [0.2, 0.25) is 0 Å². The molecular weight excluding hydrogens is 560 g/mol. The van der Waals surface area contributed by atoms with Gasteiger partial charge in [0, 0.05) is 49.3 Å². The number of aromatic amines is 1. The summed E-state index contributed by atoms with van der Waals surface area (Å²) in [7, 11) is 1.69. The van der Waals surface area contributed by atoms with Crippen molar-refractivity contribution in [2.24, 2.45) is 5.92 Å². The first-order chi connectivity index (χ1) is 20.9. The standard InChI is InChI=1S/C30H27F2N7O4/c1-42-16-17-3-2-4-23(17)36-28-26-25(12-13-33-27(26)37-38-28)43-24-10-7-19(15-22(24)32)35-29(40)21-11-14-34-39(30(21)41)20-8-5-18(31)6-9-20/h5-15,17,23H,2-4,16H2,1H3,(H,35,40)(H2,33,36,37,38)/t17-,23-/m0/s1. The zero-order valence-electron chi connectivity index (χ0n) is 23.0. The van der Waals surface area contributed by atoms with Crippen molar-refractivity contribution in [3.05, 3.63) is 94.5 Å². The number of nitrogens with one attached hydrogen (secondary N) is 3. The number of nitrogens with zero attached hydrogens (tertiary/aromatic N) is 4. The molecule has 1 aliphatic carbocycles. The van der Waals surface area contributed by atoms with Gasteiger partial charge in [0.15, 0.2) is 23.0 Å². The predicted octanol–water partition coefficient (Wildman–Crippen LogP) is 5.05. The molecule has 2 aromatic carbocycles. The molecule has 0 radical (unpaired) electrons. The fourth-order valence-corrected chi connectivity index (χ4v) is 5.26. The summed E-state index contributed by atoms with van der Waals surface area (Å²) in [6, 6.07) is 12.0. The first kappa shape index (κ1) is 28.0. The molecule has 13 heteroatoms. The Bertz CT molecular complexity index is 1840. The van der Waals surface area contributed by atoms with E-state index in [9.17, 15) is 14.0 Å². The normalized spacial score (nSPS) is 16.3. The van der Waals surface area contributed by atoms with Crippen LogP contribution in [0.25, 0.3) is 16.7 Å². The van der Waals surface area contributed by atoms with Gasteiger partial charge in [-0.2, -0.15) is 14.9 Å². The second-order valence-electron chi connectivity index (χ2n) is 10.1. The maximum absolute atomic E-state index is 15.2. The molecule has 1 fully saturated rings. The second-order valence-corrected chi connectivity index (χ2v) is 10.1. The maximum Gasteiger partial charge on any atom is 0.284 e. The second kappa shape index (κ2) is 12.0. The molecule has 0 aliphatic heterocycles. The van der Waals surface area contributed by atoms with Crippen LogP contribution >= 0.6 is 0 Å². The van der Waals surface area contributed by atoms with E-state index in [0.717, 1.165) is 30.0 Å². The van der Waals surface area contributed by atoms with Crippen LogP contribution in [0.1, 0.15) is 29.6 Å². The van der Waals surface area contributed by atoms with Gasteiger partial charge in [-0.1, -0.05) is 6.42 Å². The summed E-state index contributed by atoms with van der Waals surface area (Å²) in [5.74, 6) is -0.824. The van der Waals surface area contributed by atoms with Crippen LogP contribution in [-0.4, -0.2) is 50.6 Å². The summed E-state index contributed by atoms with van der Waals surface area (Å²) < 4.78 is 40.8. The van der Waals surface area contributed by atoms with E-state index in [1.807, 2.05) is 0 Å². The Morgan fingerprint density at radius 3 is 2.70 bits per heavy atom. The number of halogens is 2. The number of amides is 1. The number of pyridine rings is 1. The van der Waals surface area contributed by atoms with Gasteiger partial charge in [-0.3, -0.25) is 14.7 Å². The highest BCUT2D eigenvalue weighted by atomic mass is 19.1. The molecule has 0 spiro atoms. The van der Waals surface area contributed by atoms with Gasteiger partial charge in [-0.15, -0.1) is 0 Å². The Balaban J connectivity index is 1.20. The van der Waals surface area contributed by atoms with Crippen molar-refractivity contribution in [1.82, 2.24) is 25.0 Å². The highest BCUT2D eigenvalue weighted by Gasteiger charge is 2.29. The Kier molecular flexibility index (Phi) is 7.79. The number of methoxy groups -OCH3 is 1. The number of hydrogen-bond acceptors (Lipinski definition) is 8. The molecule has 5 aromatic rings. The summed E-state index contributed by atoms with van der Waals surface area (Å²) in [5.41, 5.74) is -0.0731. The third-order valence-electron chi connectivity index (χ3n) is 7.36. The molecule has 1 aliphatic rings. The number of carbonyl (C=O) groups excluding carboxylic acids is 1. The van der Waals surface area contributed by atoms with Crippen molar-refractivity contribution in [3.63, 3.8) is 0 Å². The van der Waals surface area contributed by atoms with Gasteiger partial charge >= 0.3 is 0 Å². The SMILES string of the molecule is COC[C@@H]1CCC[C@@H]1Nc1n[nH]c2nccc(Oc3ccc(NC(=O)c4ccnn(-c5ccc(F)cc5)c4=O)cc3F)c12. The van der Waals surface area contributed by atoms with Gasteiger partial charge in [0.1, 0.15) is 22.5 Å². The summed E-state index contributed by atoms with van der Waals surface area (Å²) >= 11 is 0. The molecule has 11 nitrogen and oxygen atoms in total. The van der Waals surface area contributed by atoms with Gasteiger partial charge < -0.3 is 20.1 Å². The van der Waals surface area contributed by atoms with Crippen LogP contribution in [0.3, 0.4) is 0 Å². The zero-order valence-corrected chi connectivity index (χ0v) is 23.0. The summed E-state index contributed by atoms with van der Waals surface area (Å²) in [5, 5.41) is 17.8. The van der Waals surface area contributed by atoms with Crippen molar-refractivity contribution in [2.75, 3.05) is 24.4 Å². The molecule has 3 heterocycles. The Hall–Kier alpha value is -5.17. The van der Waals surface area contributed by atoms with Crippen molar-refractivity contribution < 1.29 is 23.0 Å². The number of rotatable bonds is 9. The van der Waals surface area contributed by atoms with Crippen LogP contribution in [0, 0.1) is 17.6 Å². The topological polar surface area (TPSA) is 136 Å². The fraction of sp³-hybridized carbons (Fsp3) is 0.233. The maximum atomic E-state index is 15.2. The minimum Gasteiger partial charge on any atom is -0.453 e. The first-order valence-electron chi connectivity index (χ1n) is 13.6. The van der Waals surface area contributed by atoms with E-state index in [2.05, 4.69) is 30.9 Å². The molecule has 0 bridgehead atoms. The van der Waals surface area contributed by atoms with E-state index >= 15 is 4.39 Å². The third-order valence-corrected chi connectivity index (χ3v) is 7.36. The number of fused-ring (bicyclic) bond motifs is 1.